The number of pyridine rings is 1. The molecule has 2 rings (SSSR count). The molecule has 20 heavy (non-hydrogen) atoms. The Morgan fingerprint density at radius 3 is 1.90 bits per heavy atom. The largest absolute Gasteiger partial charge is 0.256 e. The Hall–Kier alpha value is -1.50. The summed E-state index contributed by atoms with van der Waals surface area (Å²) in [6, 6.07) is 12.7. The summed E-state index contributed by atoms with van der Waals surface area (Å²) < 4.78 is 0. The molecule has 2 aromatic rings. The quantitative estimate of drug-likeness (QED) is 0.775. The van der Waals surface area contributed by atoms with E-state index in [0.29, 0.717) is 0 Å². The van der Waals surface area contributed by atoms with Crippen LogP contribution in [0.2, 0.25) is 0 Å². The molecule has 0 aliphatic rings. The predicted molar refractivity (Wildman–Crippen MR) is 92.8 cm³/mol. The lowest BCUT2D eigenvalue weighted by molar-refractivity contribution is 0.687. The number of hydrogen-bond acceptors (Lipinski definition) is 1. The lowest BCUT2D eigenvalue weighted by atomic mass is 9.59. The molecule has 0 N–H and O–H groups in total. The van der Waals surface area contributed by atoms with E-state index >= 15 is 0 Å². The van der Waals surface area contributed by atoms with Crippen LogP contribution >= 0.6 is 0 Å². The fraction of sp³-hybridized carbons (Fsp3) is 0.353. The first-order valence-corrected chi connectivity index (χ1v) is 7.26. The van der Waals surface area contributed by atoms with Gasteiger partial charge >= 0.3 is 0 Å². The van der Waals surface area contributed by atoms with Crippen LogP contribution in [0.1, 0.15) is 38.8 Å². The van der Waals surface area contributed by atoms with Gasteiger partial charge in [0.1, 0.15) is 15.7 Å². The molecular formula is C17H23B2N. The first-order valence-electron chi connectivity index (χ1n) is 7.26. The maximum absolute atomic E-state index is 4.69. The van der Waals surface area contributed by atoms with Gasteiger partial charge in [0.2, 0.25) is 0 Å². The average Bonchev–Trinajstić information content (AvgIpc) is 2.37. The van der Waals surface area contributed by atoms with Crippen molar-refractivity contribution < 1.29 is 0 Å². The van der Waals surface area contributed by atoms with E-state index in [9.17, 15) is 0 Å². The molecule has 0 spiro atoms. The minimum atomic E-state index is 0.116. The Morgan fingerprint density at radius 1 is 0.850 bits per heavy atom. The molecule has 0 saturated carbocycles. The fourth-order valence-electron chi connectivity index (χ4n) is 2.44. The van der Waals surface area contributed by atoms with Gasteiger partial charge in [-0.1, -0.05) is 58.0 Å². The molecule has 0 aliphatic heterocycles. The summed E-state index contributed by atoms with van der Waals surface area (Å²) in [4.78, 5) is 4.69. The van der Waals surface area contributed by atoms with Crippen molar-refractivity contribution in [3.8, 4) is 11.3 Å². The molecule has 1 heterocycles. The molecule has 0 fully saturated rings. The van der Waals surface area contributed by atoms with E-state index in [4.69, 9.17) is 0 Å². The molecule has 0 radical (unpaired) electrons. The Bertz CT molecular complexity index is 593. The van der Waals surface area contributed by atoms with Crippen LogP contribution in [-0.2, 0) is 10.6 Å². The van der Waals surface area contributed by atoms with Gasteiger partial charge in [0.05, 0.1) is 5.69 Å². The highest BCUT2D eigenvalue weighted by Crippen LogP contribution is 2.32. The van der Waals surface area contributed by atoms with Gasteiger partial charge in [-0.15, -0.1) is 0 Å². The summed E-state index contributed by atoms with van der Waals surface area (Å²) in [7, 11) is 4.52. The zero-order chi connectivity index (χ0) is 15.0. The maximum Gasteiger partial charge on any atom is 0.114 e. The van der Waals surface area contributed by atoms with Crippen molar-refractivity contribution in [3.63, 3.8) is 0 Å². The highest BCUT2D eigenvalue weighted by molar-refractivity contribution is 6.17. The van der Waals surface area contributed by atoms with Crippen LogP contribution in [0.4, 0.5) is 0 Å². The number of benzene rings is 1. The summed E-state index contributed by atoms with van der Waals surface area (Å²) in [6.45, 7) is 9.04. The van der Waals surface area contributed by atoms with E-state index in [1.54, 1.807) is 0 Å². The standard InChI is InChI=1S/C17H23B2N/c1-16(2,18)13-10-15(12-8-6-5-7-9-12)20-11-14(13)17(3,4)19/h5-11H,18-19H2,1-4H3. The lowest BCUT2D eigenvalue weighted by Crippen LogP contribution is -2.27. The number of nitrogens with zero attached hydrogens (tertiary/aromatic N) is 1. The van der Waals surface area contributed by atoms with Gasteiger partial charge in [0.25, 0.3) is 0 Å². The van der Waals surface area contributed by atoms with Gasteiger partial charge in [-0.25, -0.2) is 0 Å². The van der Waals surface area contributed by atoms with E-state index in [2.05, 4.69) is 84.9 Å². The third kappa shape index (κ3) is 3.15. The average molecular weight is 263 g/mol. The van der Waals surface area contributed by atoms with Gasteiger partial charge < -0.3 is 0 Å². The molecule has 3 heteroatoms. The van der Waals surface area contributed by atoms with Crippen molar-refractivity contribution in [2.24, 2.45) is 0 Å². The molecule has 0 bridgehead atoms. The highest BCUT2D eigenvalue weighted by Gasteiger charge is 2.25. The molecule has 0 unspecified atom stereocenters. The Kier molecular flexibility index (Phi) is 3.82. The third-order valence-electron chi connectivity index (χ3n) is 3.59. The third-order valence-corrected chi connectivity index (χ3v) is 3.59. The van der Waals surface area contributed by atoms with Crippen LogP contribution < -0.4 is 0 Å². The van der Waals surface area contributed by atoms with Gasteiger partial charge in [-0.3, -0.25) is 4.98 Å². The Labute approximate surface area is 124 Å². The van der Waals surface area contributed by atoms with Gasteiger partial charge in [0, 0.05) is 11.8 Å². The molecule has 0 atom stereocenters. The van der Waals surface area contributed by atoms with Crippen molar-refractivity contribution >= 4 is 15.7 Å². The summed E-state index contributed by atoms with van der Waals surface area (Å²) in [5.74, 6) is 0. The van der Waals surface area contributed by atoms with Crippen LogP contribution in [0.5, 0.6) is 0 Å². The maximum atomic E-state index is 4.69. The first-order chi connectivity index (χ1) is 9.19. The summed E-state index contributed by atoms with van der Waals surface area (Å²) in [6.07, 6.45) is 2.06. The molecule has 1 aromatic carbocycles. The van der Waals surface area contributed by atoms with Gasteiger partial charge in [-0.05, 0) is 27.8 Å². The number of aromatic nitrogens is 1. The molecular weight excluding hydrogens is 240 g/mol. The molecule has 102 valence electrons. The van der Waals surface area contributed by atoms with E-state index in [1.807, 2.05) is 6.07 Å². The van der Waals surface area contributed by atoms with E-state index in [-0.39, 0.29) is 10.6 Å². The summed E-state index contributed by atoms with van der Waals surface area (Å²) in [5.41, 5.74) is 4.96. The van der Waals surface area contributed by atoms with E-state index < -0.39 is 0 Å². The second-order valence-electron chi connectivity index (χ2n) is 7.48. The zero-order valence-electron chi connectivity index (χ0n) is 13.5. The van der Waals surface area contributed by atoms with Crippen LogP contribution in [0.15, 0.2) is 42.6 Å². The van der Waals surface area contributed by atoms with Gasteiger partial charge in [-0.2, -0.15) is 0 Å². The molecule has 0 amide bonds. The van der Waals surface area contributed by atoms with Crippen molar-refractivity contribution in [3.05, 3.63) is 53.7 Å². The van der Waals surface area contributed by atoms with Crippen molar-refractivity contribution in [2.75, 3.05) is 0 Å². The second kappa shape index (κ2) is 5.12. The lowest BCUT2D eigenvalue weighted by Gasteiger charge is -2.30. The SMILES string of the molecule is BC(C)(C)c1cnc(-c2ccccc2)cc1C(B)(C)C. The molecule has 0 saturated heterocycles. The van der Waals surface area contributed by atoms with Crippen LogP contribution in [0.3, 0.4) is 0 Å². The van der Waals surface area contributed by atoms with Crippen LogP contribution in [-0.4, -0.2) is 20.7 Å². The Balaban J connectivity index is 2.62. The predicted octanol–water partition coefficient (Wildman–Crippen LogP) is 2.49. The summed E-state index contributed by atoms with van der Waals surface area (Å²) in [5, 5.41) is 0.236. The normalized spacial score (nSPS) is 12.4. The molecule has 1 aromatic heterocycles. The topological polar surface area (TPSA) is 12.9 Å². The minimum Gasteiger partial charge on any atom is -0.256 e. The second-order valence-corrected chi connectivity index (χ2v) is 7.48. The van der Waals surface area contributed by atoms with Crippen molar-refractivity contribution in [1.82, 2.24) is 4.98 Å². The number of hydrogen-bond donors (Lipinski definition) is 0. The van der Waals surface area contributed by atoms with Crippen LogP contribution in [0, 0.1) is 0 Å². The highest BCUT2D eigenvalue weighted by atomic mass is 14.7. The zero-order valence-corrected chi connectivity index (χ0v) is 13.5. The molecule has 1 nitrogen and oxygen atoms in total. The first kappa shape index (κ1) is 14.9. The molecule has 0 aliphatic carbocycles. The summed E-state index contributed by atoms with van der Waals surface area (Å²) >= 11 is 0. The Morgan fingerprint density at radius 2 is 1.40 bits per heavy atom. The number of rotatable bonds is 3. The minimum absolute atomic E-state index is 0.116. The monoisotopic (exact) mass is 263 g/mol. The fourth-order valence-corrected chi connectivity index (χ4v) is 2.44. The van der Waals surface area contributed by atoms with E-state index in [1.165, 1.54) is 16.7 Å². The van der Waals surface area contributed by atoms with Crippen LogP contribution in [0.25, 0.3) is 11.3 Å². The van der Waals surface area contributed by atoms with Crippen molar-refractivity contribution in [2.45, 2.75) is 38.3 Å². The smallest absolute Gasteiger partial charge is 0.114 e. The van der Waals surface area contributed by atoms with Gasteiger partial charge in [0.15, 0.2) is 0 Å². The van der Waals surface area contributed by atoms with E-state index in [0.717, 1.165) is 5.69 Å². The van der Waals surface area contributed by atoms with Crippen molar-refractivity contribution in [1.29, 1.82) is 0 Å².